The van der Waals surface area contributed by atoms with Gasteiger partial charge in [-0.05, 0) is 49.9 Å². The molecule has 1 aliphatic heterocycles. The molecule has 0 aliphatic carbocycles. The van der Waals surface area contributed by atoms with Crippen LogP contribution in [-0.4, -0.2) is 26.3 Å². The number of nitrogens with zero attached hydrogens (tertiary/aromatic N) is 1. The molecule has 2 rings (SSSR count). The fourth-order valence-corrected chi connectivity index (χ4v) is 2.41. The van der Waals surface area contributed by atoms with E-state index in [1.807, 2.05) is 25.1 Å². The van der Waals surface area contributed by atoms with Crippen LogP contribution >= 0.6 is 0 Å². The van der Waals surface area contributed by atoms with Gasteiger partial charge in [0, 0.05) is 6.54 Å². The van der Waals surface area contributed by atoms with E-state index in [1.54, 1.807) is 0 Å². The van der Waals surface area contributed by atoms with Gasteiger partial charge < -0.3 is 14.8 Å². The van der Waals surface area contributed by atoms with Crippen molar-refractivity contribution in [3.63, 3.8) is 0 Å². The predicted octanol–water partition coefficient (Wildman–Crippen LogP) is 2.45. The molecule has 4 nitrogen and oxygen atoms in total. The Labute approximate surface area is 114 Å². The minimum absolute atomic E-state index is 0.0460. The molecule has 0 amide bonds. The van der Waals surface area contributed by atoms with E-state index in [2.05, 4.69) is 11.4 Å². The fourth-order valence-electron chi connectivity index (χ4n) is 2.41. The third-order valence-electron chi connectivity index (χ3n) is 3.33. The number of piperidine rings is 1. The van der Waals surface area contributed by atoms with Gasteiger partial charge >= 0.3 is 0 Å². The lowest BCUT2D eigenvalue weighted by atomic mass is 9.91. The van der Waals surface area contributed by atoms with Gasteiger partial charge in [-0.3, -0.25) is 0 Å². The topological polar surface area (TPSA) is 54.3 Å². The minimum atomic E-state index is 0.0460. The second-order valence-corrected chi connectivity index (χ2v) is 4.63. The maximum Gasteiger partial charge on any atom is 0.174 e. The number of nitrogens with one attached hydrogen (secondary N) is 1. The van der Waals surface area contributed by atoms with Crippen LogP contribution in [0, 0.1) is 11.3 Å². The molecule has 1 heterocycles. The van der Waals surface area contributed by atoms with Crippen molar-refractivity contribution < 1.29 is 9.47 Å². The summed E-state index contributed by atoms with van der Waals surface area (Å²) in [6, 6.07) is 8.01. The Hall–Kier alpha value is -1.73. The van der Waals surface area contributed by atoms with Gasteiger partial charge in [0.05, 0.1) is 6.61 Å². The number of rotatable bonds is 5. The Morgan fingerprint density at radius 2 is 2.26 bits per heavy atom. The molecule has 1 unspecified atom stereocenters. The van der Waals surface area contributed by atoms with Gasteiger partial charge in [0.25, 0.3) is 0 Å². The molecular formula is C15H20N2O2. The second kappa shape index (κ2) is 7.01. The summed E-state index contributed by atoms with van der Waals surface area (Å²) in [4.78, 5) is 0. The Morgan fingerprint density at radius 1 is 1.37 bits per heavy atom. The van der Waals surface area contributed by atoms with Crippen molar-refractivity contribution in [2.24, 2.45) is 0 Å². The third-order valence-corrected chi connectivity index (χ3v) is 3.33. The van der Waals surface area contributed by atoms with Crippen molar-refractivity contribution in [1.29, 1.82) is 5.26 Å². The zero-order valence-electron chi connectivity index (χ0n) is 11.3. The smallest absolute Gasteiger partial charge is 0.174 e. The summed E-state index contributed by atoms with van der Waals surface area (Å²) in [5.74, 6) is 1.93. The molecule has 0 saturated carbocycles. The number of benzene rings is 1. The van der Waals surface area contributed by atoms with Gasteiger partial charge in [-0.15, -0.1) is 0 Å². The molecule has 19 heavy (non-hydrogen) atoms. The van der Waals surface area contributed by atoms with E-state index >= 15 is 0 Å². The molecular weight excluding hydrogens is 240 g/mol. The highest BCUT2D eigenvalue weighted by Gasteiger charge is 2.17. The summed E-state index contributed by atoms with van der Waals surface area (Å²) >= 11 is 0. The van der Waals surface area contributed by atoms with Crippen LogP contribution in [0.25, 0.3) is 0 Å². The molecule has 0 aromatic heterocycles. The molecule has 1 N–H and O–H groups in total. The van der Waals surface area contributed by atoms with Gasteiger partial charge in [-0.25, -0.2) is 0 Å². The van der Waals surface area contributed by atoms with Crippen molar-refractivity contribution >= 4 is 0 Å². The summed E-state index contributed by atoms with van der Waals surface area (Å²) in [5, 5.41) is 12.0. The average Bonchev–Trinajstić information content (AvgIpc) is 2.47. The van der Waals surface area contributed by atoms with Gasteiger partial charge in [0.1, 0.15) is 6.07 Å². The monoisotopic (exact) mass is 260 g/mol. The first-order valence-corrected chi connectivity index (χ1v) is 6.82. The number of ether oxygens (including phenoxy) is 2. The number of hydrogen-bond donors (Lipinski definition) is 1. The van der Waals surface area contributed by atoms with E-state index in [4.69, 9.17) is 14.7 Å². The molecule has 102 valence electrons. The largest absolute Gasteiger partial charge is 0.490 e. The quantitative estimate of drug-likeness (QED) is 0.883. The first-order chi connectivity index (χ1) is 9.35. The van der Waals surface area contributed by atoms with E-state index in [9.17, 15) is 0 Å². The molecule has 1 fully saturated rings. The normalized spacial score (nSPS) is 18.6. The van der Waals surface area contributed by atoms with Crippen LogP contribution in [-0.2, 0) is 0 Å². The highest BCUT2D eigenvalue weighted by atomic mass is 16.5. The van der Waals surface area contributed by atoms with E-state index in [0.717, 1.165) is 18.8 Å². The molecule has 1 aromatic rings. The van der Waals surface area contributed by atoms with Crippen molar-refractivity contribution in [2.45, 2.75) is 25.7 Å². The second-order valence-electron chi connectivity index (χ2n) is 4.63. The highest BCUT2D eigenvalue weighted by Crippen LogP contribution is 2.33. The van der Waals surface area contributed by atoms with Crippen molar-refractivity contribution in [3.8, 4) is 17.6 Å². The van der Waals surface area contributed by atoms with Gasteiger partial charge in [-0.2, -0.15) is 5.26 Å². The maximum atomic E-state index is 8.58. The molecule has 1 atom stereocenters. The van der Waals surface area contributed by atoms with Crippen LogP contribution in [0.15, 0.2) is 18.2 Å². The zero-order chi connectivity index (χ0) is 13.5. The Bertz CT molecular complexity index is 448. The highest BCUT2D eigenvalue weighted by molar-refractivity contribution is 5.44. The standard InChI is InChI=1S/C15H20N2O2/c1-2-18-15-10-12(13-4-3-8-17-11-13)5-6-14(15)19-9-7-16/h5-6,10,13,17H,2-4,8-9,11H2,1H3. The van der Waals surface area contributed by atoms with Crippen molar-refractivity contribution in [2.75, 3.05) is 26.3 Å². The SMILES string of the molecule is CCOc1cc(C2CCCNC2)ccc1OCC#N. The molecule has 0 radical (unpaired) electrons. The molecule has 1 aliphatic rings. The lowest BCUT2D eigenvalue weighted by Gasteiger charge is -2.24. The molecule has 0 bridgehead atoms. The van der Waals surface area contributed by atoms with Gasteiger partial charge in [0.15, 0.2) is 18.1 Å². The zero-order valence-corrected chi connectivity index (χ0v) is 11.3. The summed E-state index contributed by atoms with van der Waals surface area (Å²) in [5.41, 5.74) is 1.28. The average molecular weight is 260 g/mol. The van der Waals surface area contributed by atoms with Crippen LogP contribution in [0.5, 0.6) is 11.5 Å². The van der Waals surface area contributed by atoms with E-state index in [-0.39, 0.29) is 6.61 Å². The maximum absolute atomic E-state index is 8.58. The first-order valence-electron chi connectivity index (χ1n) is 6.82. The summed E-state index contributed by atoms with van der Waals surface area (Å²) < 4.78 is 11.0. The third kappa shape index (κ3) is 3.62. The van der Waals surface area contributed by atoms with Crippen LogP contribution in [0.3, 0.4) is 0 Å². The van der Waals surface area contributed by atoms with Gasteiger partial charge in [-0.1, -0.05) is 6.07 Å². The van der Waals surface area contributed by atoms with E-state index in [0.29, 0.717) is 18.3 Å². The Kier molecular flexibility index (Phi) is 5.05. The Morgan fingerprint density at radius 3 is 2.95 bits per heavy atom. The van der Waals surface area contributed by atoms with E-state index < -0.39 is 0 Å². The van der Waals surface area contributed by atoms with Crippen LogP contribution in [0.1, 0.15) is 31.2 Å². The van der Waals surface area contributed by atoms with Crippen LogP contribution in [0.4, 0.5) is 0 Å². The Balaban J connectivity index is 2.17. The summed E-state index contributed by atoms with van der Waals surface area (Å²) in [6.45, 7) is 4.71. The molecule has 1 saturated heterocycles. The van der Waals surface area contributed by atoms with Gasteiger partial charge in [0.2, 0.25) is 0 Å². The fraction of sp³-hybridized carbons (Fsp3) is 0.533. The lowest BCUT2D eigenvalue weighted by Crippen LogP contribution is -2.28. The number of hydrogen-bond acceptors (Lipinski definition) is 4. The van der Waals surface area contributed by atoms with Crippen LogP contribution < -0.4 is 14.8 Å². The molecule has 1 aromatic carbocycles. The van der Waals surface area contributed by atoms with E-state index in [1.165, 1.54) is 18.4 Å². The molecule has 4 heteroatoms. The van der Waals surface area contributed by atoms with Crippen molar-refractivity contribution in [3.05, 3.63) is 23.8 Å². The molecule has 0 spiro atoms. The summed E-state index contributed by atoms with van der Waals surface area (Å²) in [6.07, 6.45) is 2.41. The first kappa shape index (κ1) is 13.7. The minimum Gasteiger partial charge on any atom is -0.490 e. The lowest BCUT2D eigenvalue weighted by molar-refractivity contribution is 0.297. The van der Waals surface area contributed by atoms with Crippen LogP contribution in [0.2, 0.25) is 0 Å². The predicted molar refractivity (Wildman–Crippen MR) is 73.6 cm³/mol. The number of nitriles is 1. The summed E-state index contributed by atoms with van der Waals surface area (Å²) in [7, 11) is 0. The van der Waals surface area contributed by atoms with Crippen molar-refractivity contribution in [1.82, 2.24) is 5.32 Å².